The molecule has 0 unspecified atom stereocenters. The molecule has 0 saturated carbocycles. The standard InChI is InChI=1S/C8H12N2OS/c1-9-6-4-7(12-5-6)8(11)10(2)3/h4-5,9H,1-3H3. The second kappa shape index (κ2) is 3.58. The molecule has 66 valence electrons. The number of hydrogen-bond acceptors (Lipinski definition) is 3. The zero-order valence-electron chi connectivity index (χ0n) is 7.42. The molecule has 0 aromatic carbocycles. The molecule has 0 radical (unpaired) electrons. The highest BCUT2D eigenvalue weighted by Gasteiger charge is 2.09. The maximum atomic E-state index is 11.4. The highest BCUT2D eigenvalue weighted by Crippen LogP contribution is 2.19. The molecule has 4 heteroatoms. The number of nitrogens with zero attached hydrogens (tertiary/aromatic N) is 1. The van der Waals surface area contributed by atoms with Crippen molar-refractivity contribution >= 4 is 22.9 Å². The Morgan fingerprint density at radius 2 is 2.25 bits per heavy atom. The third kappa shape index (κ3) is 1.76. The molecule has 3 nitrogen and oxygen atoms in total. The van der Waals surface area contributed by atoms with Crippen molar-refractivity contribution in [2.45, 2.75) is 0 Å². The monoisotopic (exact) mass is 184 g/mol. The average molecular weight is 184 g/mol. The first kappa shape index (κ1) is 9.06. The normalized spacial score (nSPS) is 9.58. The molecule has 1 N–H and O–H groups in total. The summed E-state index contributed by atoms with van der Waals surface area (Å²) in [6.07, 6.45) is 0. The van der Waals surface area contributed by atoms with E-state index in [-0.39, 0.29) is 5.91 Å². The van der Waals surface area contributed by atoms with E-state index in [0.29, 0.717) is 0 Å². The van der Waals surface area contributed by atoms with E-state index in [9.17, 15) is 4.79 Å². The SMILES string of the molecule is CNc1csc(C(=O)N(C)C)c1. The minimum atomic E-state index is 0.0569. The van der Waals surface area contributed by atoms with Gasteiger partial charge in [-0.3, -0.25) is 4.79 Å². The van der Waals surface area contributed by atoms with Gasteiger partial charge < -0.3 is 10.2 Å². The summed E-state index contributed by atoms with van der Waals surface area (Å²) in [5.74, 6) is 0.0569. The Balaban J connectivity index is 2.82. The minimum absolute atomic E-state index is 0.0569. The second-order valence-corrected chi connectivity index (χ2v) is 3.56. The maximum Gasteiger partial charge on any atom is 0.263 e. The Hall–Kier alpha value is -1.03. The van der Waals surface area contributed by atoms with Gasteiger partial charge in [0.1, 0.15) is 0 Å². The van der Waals surface area contributed by atoms with Crippen LogP contribution in [0.5, 0.6) is 0 Å². The van der Waals surface area contributed by atoms with E-state index < -0.39 is 0 Å². The Morgan fingerprint density at radius 1 is 1.58 bits per heavy atom. The van der Waals surface area contributed by atoms with Gasteiger partial charge in [0.25, 0.3) is 5.91 Å². The van der Waals surface area contributed by atoms with Gasteiger partial charge in [0.2, 0.25) is 0 Å². The van der Waals surface area contributed by atoms with Crippen LogP contribution in [-0.4, -0.2) is 32.0 Å². The van der Waals surface area contributed by atoms with Crippen molar-refractivity contribution in [2.24, 2.45) is 0 Å². The van der Waals surface area contributed by atoms with Crippen molar-refractivity contribution in [3.8, 4) is 0 Å². The molecule has 1 aromatic heterocycles. The number of hydrogen-bond donors (Lipinski definition) is 1. The highest BCUT2D eigenvalue weighted by molar-refractivity contribution is 7.12. The van der Waals surface area contributed by atoms with Crippen molar-refractivity contribution in [1.82, 2.24) is 4.90 Å². The summed E-state index contributed by atoms with van der Waals surface area (Å²) in [7, 11) is 5.34. The van der Waals surface area contributed by atoms with Crippen LogP contribution in [-0.2, 0) is 0 Å². The van der Waals surface area contributed by atoms with Gasteiger partial charge in [0.05, 0.1) is 4.88 Å². The molecule has 0 aliphatic carbocycles. The molecule has 0 spiro atoms. The third-order valence-corrected chi connectivity index (χ3v) is 2.42. The van der Waals surface area contributed by atoms with Gasteiger partial charge in [-0.2, -0.15) is 0 Å². The lowest BCUT2D eigenvalue weighted by molar-refractivity contribution is 0.0832. The van der Waals surface area contributed by atoms with Gasteiger partial charge in [-0.1, -0.05) is 0 Å². The smallest absolute Gasteiger partial charge is 0.263 e. The maximum absolute atomic E-state index is 11.4. The van der Waals surface area contributed by atoms with Gasteiger partial charge in [-0.05, 0) is 6.07 Å². The summed E-state index contributed by atoms with van der Waals surface area (Å²) >= 11 is 1.46. The Labute approximate surface area is 76.0 Å². The largest absolute Gasteiger partial charge is 0.387 e. The van der Waals surface area contributed by atoms with E-state index in [0.717, 1.165) is 10.6 Å². The van der Waals surface area contributed by atoms with Crippen LogP contribution >= 0.6 is 11.3 Å². The summed E-state index contributed by atoms with van der Waals surface area (Å²) in [4.78, 5) is 13.7. The first-order chi connectivity index (χ1) is 5.65. The van der Waals surface area contributed by atoms with Crippen molar-refractivity contribution in [3.05, 3.63) is 16.3 Å². The average Bonchev–Trinajstić information content (AvgIpc) is 2.50. The molecule has 12 heavy (non-hydrogen) atoms. The number of amides is 1. The van der Waals surface area contributed by atoms with Crippen LogP contribution in [0.2, 0.25) is 0 Å². The molecular weight excluding hydrogens is 172 g/mol. The zero-order chi connectivity index (χ0) is 9.14. The van der Waals surface area contributed by atoms with Crippen LogP contribution < -0.4 is 5.32 Å². The van der Waals surface area contributed by atoms with E-state index in [4.69, 9.17) is 0 Å². The van der Waals surface area contributed by atoms with E-state index >= 15 is 0 Å². The topological polar surface area (TPSA) is 32.3 Å². The van der Waals surface area contributed by atoms with Crippen LogP contribution in [0.25, 0.3) is 0 Å². The predicted octanol–water partition coefficient (Wildman–Crippen LogP) is 1.49. The van der Waals surface area contributed by atoms with E-state index in [1.165, 1.54) is 11.3 Å². The highest BCUT2D eigenvalue weighted by atomic mass is 32.1. The second-order valence-electron chi connectivity index (χ2n) is 2.65. The number of carbonyl (C=O) groups excluding carboxylic acids is 1. The van der Waals surface area contributed by atoms with Crippen LogP contribution in [0.3, 0.4) is 0 Å². The van der Waals surface area contributed by atoms with Crippen LogP contribution in [0, 0.1) is 0 Å². The first-order valence-corrected chi connectivity index (χ1v) is 4.51. The fourth-order valence-corrected chi connectivity index (χ4v) is 1.72. The predicted molar refractivity (Wildman–Crippen MR) is 51.9 cm³/mol. The summed E-state index contributed by atoms with van der Waals surface area (Å²) in [6.45, 7) is 0. The Bertz CT molecular complexity index is 280. The molecule has 0 atom stereocenters. The van der Waals surface area contributed by atoms with E-state index in [1.807, 2.05) is 18.5 Å². The fraction of sp³-hybridized carbons (Fsp3) is 0.375. The third-order valence-electron chi connectivity index (χ3n) is 1.51. The molecular formula is C8H12N2OS. The molecule has 1 amide bonds. The zero-order valence-corrected chi connectivity index (χ0v) is 8.23. The lowest BCUT2D eigenvalue weighted by Crippen LogP contribution is -2.20. The molecule has 0 aliphatic heterocycles. The van der Waals surface area contributed by atoms with Crippen molar-refractivity contribution in [2.75, 3.05) is 26.5 Å². The molecule has 1 rings (SSSR count). The van der Waals surface area contributed by atoms with Gasteiger partial charge in [-0.15, -0.1) is 11.3 Å². The molecule has 0 aliphatic rings. The molecule has 0 bridgehead atoms. The Morgan fingerprint density at radius 3 is 2.67 bits per heavy atom. The number of nitrogens with one attached hydrogen (secondary N) is 1. The summed E-state index contributed by atoms with van der Waals surface area (Å²) in [6, 6.07) is 1.85. The van der Waals surface area contributed by atoms with Crippen LogP contribution in [0.15, 0.2) is 11.4 Å². The quantitative estimate of drug-likeness (QED) is 0.755. The Kier molecular flexibility index (Phi) is 2.70. The molecule has 0 fully saturated rings. The van der Waals surface area contributed by atoms with Crippen molar-refractivity contribution in [1.29, 1.82) is 0 Å². The number of thiophene rings is 1. The lowest BCUT2D eigenvalue weighted by atomic mass is 10.4. The van der Waals surface area contributed by atoms with Crippen LogP contribution in [0.1, 0.15) is 9.67 Å². The summed E-state index contributed by atoms with van der Waals surface area (Å²) < 4.78 is 0. The lowest BCUT2D eigenvalue weighted by Gasteiger charge is -2.06. The van der Waals surface area contributed by atoms with Crippen molar-refractivity contribution in [3.63, 3.8) is 0 Å². The van der Waals surface area contributed by atoms with Gasteiger partial charge >= 0.3 is 0 Å². The van der Waals surface area contributed by atoms with Crippen molar-refractivity contribution < 1.29 is 4.79 Å². The van der Waals surface area contributed by atoms with E-state index in [1.54, 1.807) is 19.0 Å². The van der Waals surface area contributed by atoms with Gasteiger partial charge in [0.15, 0.2) is 0 Å². The molecule has 0 saturated heterocycles. The molecule has 1 heterocycles. The summed E-state index contributed by atoms with van der Waals surface area (Å²) in [5, 5.41) is 4.91. The minimum Gasteiger partial charge on any atom is -0.387 e. The first-order valence-electron chi connectivity index (χ1n) is 3.63. The number of anilines is 1. The van der Waals surface area contributed by atoms with Gasteiger partial charge in [0, 0.05) is 32.2 Å². The van der Waals surface area contributed by atoms with Gasteiger partial charge in [-0.25, -0.2) is 0 Å². The van der Waals surface area contributed by atoms with E-state index in [2.05, 4.69) is 5.32 Å². The number of rotatable bonds is 2. The van der Waals surface area contributed by atoms with Crippen LogP contribution in [0.4, 0.5) is 5.69 Å². The fourth-order valence-electron chi connectivity index (χ4n) is 0.800. The summed E-state index contributed by atoms with van der Waals surface area (Å²) in [5.41, 5.74) is 0.991. The number of carbonyl (C=O) groups is 1. The molecule has 1 aromatic rings.